The summed E-state index contributed by atoms with van der Waals surface area (Å²) >= 11 is 1.12. The normalized spacial score (nSPS) is 20.6. The molecule has 1 fully saturated rings. The van der Waals surface area contributed by atoms with E-state index < -0.39 is 15.8 Å². The van der Waals surface area contributed by atoms with E-state index >= 15 is 0 Å². The molecule has 1 atom stereocenters. The number of rotatable bonds is 5. The Morgan fingerprint density at radius 1 is 1.41 bits per heavy atom. The summed E-state index contributed by atoms with van der Waals surface area (Å²) in [6, 6.07) is 4.39. The zero-order valence-corrected chi connectivity index (χ0v) is 13.5. The lowest BCUT2D eigenvalue weighted by Gasteiger charge is -2.13. The van der Waals surface area contributed by atoms with E-state index in [1.54, 1.807) is 0 Å². The summed E-state index contributed by atoms with van der Waals surface area (Å²) in [7, 11) is -3.99. The van der Waals surface area contributed by atoms with Crippen molar-refractivity contribution in [3.8, 4) is 0 Å². The van der Waals surface area contributed by atoms with Crippen LogP contribution in [0.3, 0.4) is 0 Å². The van der Waals surface area contributed by atoms with Gasteiger partial charge < -0.3 is 0 Å². The fourth-order valence-corrected chi connectivity index (χ4v) is 4.19. The second-order valence-corrected chi connectivity index (χ2v) is 7.33. The molecule has 0 saturated carbocycles. The molecule has 0 N–H and O–H groups in total. The van der Waals surface area contributed by atoms with Crippen LogP contribution in [0.2, 0.25) is 0 Å². The predicted octanol–water partition coefficient (Wildman–Crippen LogP) is 2.41. The number of benzene rings is 1. The number of amides is 1. The Kier molecular flexibility index (Phi) is 5.02. The van der Waals surface area contributed by atoms with Crippen molar-refractivity contribution in [1.29, 1.82) is 0 Å². The van der Waals surface area contributed by atoms with E-state index in [1.807, 2.05) is 6.92 Å². The van der Waals surface area contributed by atoms with E-state index in [0.29, 0.717) is 6.42 Å². The molecule has 0 spiro atoms. The fourth-order valence-electron chi connectivity index (χ4n) is 1.90. The number of carbonyl (C=O) groups excluding carboxylic acids is 1. The highest BCUT2D eigenvalue weighted by molar-refractivity contribution is 8.16. The van der Waals surface area contributed by atoms with Gasteiger partial charge in [-0.3, -0.25) is 9.69 Å². The quantitative estimate of drug-likeness (QED) is 0.771. The first-order valence-electron chi connectivity index (χ1n) is 6.58. The third-order valence-corrected chi connectivity index (χ3v) is 5.75. The molecule has 1 amide bonds. The van der Waals surface area contributed by atoms with Crippen molar-refractivity contribution in [2.75, 3.05) is 6.54 Å². The third kappa shape index (κ3) is 3.38. The Bertz CT molecular complexity index is 714. The molecule has 1 aromatic rings. The van der Waals surface area contributed by atoms with Crippen LogP contribution in [-0.2, 0) is 14.8 Å². The molecule has 0 bridgehead atoms. The van der Waals surface area contributed by atoms with Gasteiger partial charge in [-0.15, -0.1) is 11.0 Å². The van der Waals surface area contributed by atoms with Crippen LogP contribution in [-0.4, -0.2) is 36.2 Å². The van der Waals surface area contributed by atoms with Gasteiger partial charge in [0.2, 0.25) is 5.91 Å². The largest absolute Gasteiger partial charge is 0.286 e. The number of hydrogen-bond donors (Lipinski definition) is 0. The lowest BCUT2D eigenvalue weighted by Crippen LogP contribution is -2.32. The lowest BCUT2D eigenvalue weighted by atomic mass is 10.3. The van der Waals surface area contributed by atoms with Crippen molar-refractivity contribution in [2.45, 2.75) is 23.5 Å². The number of hydrogen-bond acceptors (Lipinski definition) is 4. The first kappa shape index (κ1) is 16.7. The highest BCUT2D eigenvalue weighted by atomic mass is 32.2. The van der Waals surface area contributed by atoms with Gasteiger partial charge in [-0.25, -0.2) is 4.39 Å². The number of nitrogens with zero attached hydrogens (tertiary/aromatic N) is 2. The van der Waals surface area contributed by atoms with Crippen LogP contribution in [0.25, 0.3) is 0 Å². The number of sulfonamides is 1. The Hall–Kier alpha value is -1.67. The zero-order chi connectivity index (χ0) is 16.3. The molecule has 0 aliphatic carbocycles. The molecule has 2 rings (SSSR count). The molecule has 118 valence electrons. The molecule has 1 aliphatic heterocycles. The minimum Gasteiger partial charge on any atom is -0.286 e. The van der Waals surface area contributed by atoms with E-state index in [4.69, 9.17) is 0 Å². The van der Waals surface area contributed by atoms with Crippen LogP contribution >= 0.6 is 11.8 Å². The van der Waals surface area contributed by atoms with Gasteiger partial charge in [0.25, 0.3) is 10.0 Å². The second kappa shape index (κ2) is 6.62. The van der Waals surface area contributed by atoms with Gasteiger partial charge in [0.05, 0.1) is 10.1 Å². The second-order valence-electron chi connectivity index (χ2n) is 4.56. The summed E-state index contributed by atoms with van der Waals surface area (Å²) in [6.45, 7) is 5.60. The standard InChI is InChI=1S/C14H15FN2O3S2/c1-3-9-17-13(18)12(4-2)21-14(17)16-22(19,20)11-7-5-10(15)6-8-11/h3,5-8,12H,1,4,9H2,2H3/b16-14+. The van der Waals surface area contributed by atoms with Crippen molar-refractivity contribution in [2.24, 2.45) is 4.40 Å². The van der Waals surface area contributed by atoms with Crippen molar-refractivity contribution >= 4 is 32.9 Å². The predicted molar refractivity (Wildman–Crippen MR) is 84.6 cm³/mol. The maximum absolute atomic E-state index is 12.9. The summed E-state index contributed by atoms with van der Waals surface area (Å²) in [5, 5.41) is -0.219. The van der Waals surface area contributed by atoms with E-state index in [-0.39, 0.29) is 27.8 Å². The molecule has 1 heterocycles. The van der Waals surface area contributed by atoms with E-state index in [0.717, 1.165) is 36.0 Å². The summed E-state index contributed by atoms with van der Waals surface area (Å²) in [6.07, 6.45) is 2.09. The van der Waals surface area contributed by atoms with Crippen LogP contribution < -0.4 is 0 Å². The molecule has 0 radical (unpaired) electrons. The van der Waals surface area contributed by atoms with Gasteiger partial charge in [-0.05, 0) is 30.7 Å². The van der Waals surface area contributed by atoms with Crippen LogP contribution in [0.15, 0.2) is 46.2 Å². The summed E-state index contributed by atoms with van der Waals surface area (Å²) in [4.78, 5) is 13.3. The Labute approximate surface area is 133 Å². The van der Waals surface area contributed by atoms with Gasteiger partial charge in [0.15, 0.2) is 5.17 Å². The minimum absolute atomic E-state index is 0.118. The van der Waals surface area contributed by atoms with Crippen molar-refractivity contribution in [1.82, 2.24) is 4.90 Å². The van der Waals surface area contributed by atoms with E-state index in [2.05, 4.69) is 11.0 Å². The van der Waals surface area contributed by atoms with Gasteiger partial charge in [0, 0.05) is 6.54 Å². The van der Waals surface area contributed by atoms with Crippen LogP contribution in [0.5, 0.6) is 0 Å². The maximum Gasteiger partial charge on any atom is 0.284 e. The van der Waals surface area contributed by atoms with Gasteiger partial charge >= 0.3 is 0 Å². The SMILES string of the molecule is C=CCN1C(=O)C(CC)S/C1=N/S(=O)(=O)c1ccc(F)cc1. The molecule has 22 heavy (non-hydrogen) atoms. The third-order valence-electron chi connectivity index (χ3n) is 3.01. The number of carbonyl (C=O) groups is 1. The lowest BCUT2D eigenvalue weighted by molar-refractivity contribution is -0.125. The fraction of sp³-hybridized carbons (Fsp3) is 0.286. The van der Waals surface area contributed by atoms with E-state index in [9.17, 15) is 17.6 Å². The molecule has 8 heteroatoms. The number of amidine groups is 1. The van der Waals surface area contributed by atoms with Crippen LogP contribution in [0.1, 0.15) is 13.3 Å². The Balaban J connectivity index is 2.39. The smallest absolute Gasteiger partial charge is 0.284 e. The maximum atomic E-state index is 12.9. The molecule has 1 aromatic carbocycles. The molecule has 5 nitrogen and oxygen atoms in total. The summed E-state index contributed by atoms with van der Waals surface area (Å²) in [5.41, 5.74) is 0. The van der Waals surface area contributed by atoms with Gasteiger partial charge in [-0.1, -0.05) is 24.8 Å². The number of halogens is 1. The molecular formula is C14H15FN2O3S2. The molecule has 0 aromatic heterocycles. The van der Waals surface area contributed by atoms with Crippen LogP contribution in [0.4, 0.5) is 4.39 Å². The molecular weight excluding hydrogens is 327 g/mol. The molecule has 1 unspecified atom stereocenters. The highest BCUT2D eigenvalue weighted by Gasteiger charge is 2.37. The number of thioether (sulfide) groups is 1. The summed E-state index contributed by atoms with van der Waals surface area (Å²) < 4.78 is 41.2. The van der Waals surface area contributed by atoms with Crippen molar-refractivity contribution in [3.63, 3.8) is 0 Å². The van der Waals surface area contributed by atoms with Crippen LogP contribution in [0, 0.1) is 5.82 Å². The monoisotopic (exact) mass is 342 g/mol. The Morgan fingerprint density at radius 3 is 2.59 bits per heavy atom. The van der Waals surface area contributed by atoms with Crippen molar-refractivity contribution < 1.29 is 17.6 Å². The van der Waals surface area contributed by atoms with E-state index in [1.165, 1.54) is 11.0 Å². The van der Waals surface area contributed by atoms with Gasteiger partial charge in [0.1, 0.15) is 5.82 Å². The zero-order valence-electron chi connectivity index (χ0n) is 11.9. The summed E-state index contributed by atoms with van der Waals surface area (Å²) in [5.74, 6) is -0.711. The average Bonchev–Trinajstić information content (AvgIpc) is 2.76. The first-order valence-corrected chi connectivity index (χ1v) is 8.90. The van der Waals surface area contributed by atoms with Gasteiger partial charge in [-0.2, -0.15) is 8.42 Å². The highest BCUT2D eigenvalue weighted by Crippen LogP contribution is 2.30. The van der Waals surface area contributed by atoms with Crippen molar-refractivity contribution in [3.05, 3.63) is 42.7 Å². The average molecular weight is 342 g/mol. The minimum atomic E-state index is -3.99. The Morgan fingerprint density at radius 2 is 2.05 bits per heavy atom. The molecule has 1 saturated heterocycles. The topological polar surface area (TPSA) is 66.8 Å². The first-order chi connectivity index (χ1) is 10.4. The molecule has 1 aliphatic rings.